The maximum atomic E-state index is 5.54. The number of methoxy groups -OCH3 is 4. The van der Waals surface area contributed by atoms with Crippen LogP contribution in [-0.2, 0) is 13.1 Å². The van der Waals surface area contributed by atoms with E-state index in [1.807, 2.05) is 48.5 Å². The van der Waals surface area contributed by atoms with Gasteiger partial charge in [-0.15, -0.1) is 0 Å². The second-order valence-corrected chi connectivity index (χ2v) is 7.45. The van der Waals surface area contributed by atoms with Gasteiger partial charge in [-0.2, -0.15) is 0 Å². The number of hydrogen-bond donors (Lipinski definition) is 0. The van der Waals surface area contributed by atoms with Crippen molar-refractivity contribution in [1.82, 2.24) is 9.97 Å². The topological polar surface area (TPSA) is 65.9 Å². The van der Waals surface area contributed by atoms with Crippen molar-refractivity contribution in [3.63, 3.8) is 0 Å². The lowest BCUT2D eigenvalue weighted by Crippen LogP contribution is -2.23. The molecule has 0 fully saturated rings. The van der Waals surface area contributed by atoms with E-state index in [9.17, 15) is 0 Å². The smallest absolute Gasteiger partial charge is 0.162 e. The van der Waals surface area contributed by atoms with Crippen LogP contribution in [0.4, 0.5) is 5.82 Å². The molecule has 0 spiro atoms. The molecule has 3 aromatic carbocycles. The monoisotopic (exact) mass is 445 g/mol. The zero-order chi connectivity index (χ0) is 23.2. The molecular weight excluding hydrogens is 418 g/mol. The second kappa shape index (κ2) is 10.1. The highest BCUT2D eigenvalue weighted by molar-refractivity contribution is 5.92. The van der Waals surface area contributed by atoms with Crippen LogP contribution in [0.2, 0.25) is 0 Å². The summed E-state index contributed by atoms with van der Waals surface area (Å²) in [6, 6.07) is 20.0. The Labute approximate surface area is 193 Å². The second-order valence-electron chi connectivity index (χ2n) is 7.45. The van der Waals surface area contributed by atoms with Crippen molar-refractivity contribution >= 4 is 16.7 Å². The molecule has 0 N–H and O–H groups in total. The SMILES string of the molecule is COc1ccc(CN(Cc2ccccc2)c2ncnc3cc(OC)c(OC)cc23)cc1OC. The summed E-state index contributed by atoms with van der Waals surface area (Å²) < 4.78 is 21.9. The van der Waals surface area contributed by atoms with Crippen LogP contribution in [0.3, 0.4) is 0 Å². The fourth-order valence-electron chi connectivity index (χ4n) is 3.83. The largest absolute Gasteiger partial charge is 0.493 e. The Hall–Kier alpha value is -4.00. The highest BCUT2D eigenvalue weighted by Gasteiger charge is 2.18. The van der Waals surface area contributed by atoms with Crippen molar-refractivity contribution in [2.45, 2.75) is 13.1 Å². The van der Waals surface area contributed by atoms with Gasteiger partial charge in [-0.05, 0) is 29.3 Å². The molecule has 1 heterocycles. The molecule has 7 nitrogen and oxygen atoms in total. The Morgan fingerprint density at radius 2 is 1.27 bits per heavy atom. The highest BCUT2D eigenvalue weighted by Crippen LogP contribution is 2.36. The van der Waals surface area contributed by atoms with Gasteiger partial charge in [-0.1, -0.05) is 36.4 Å². The predicted octanol–water partition coefficient (Wildman–Crippen LogP) is 4.87. The quantitative estimate of drug-likeness (QED) is 0.364. The lowest BCUT2D eigenvalue weighted by atomic mass is 10.1. The Balaban J connectivity index is 1.80. The summed E-state index contributed by atoms with van der Waals surface area (Å²) in [6.45, 7) is 1.27. The molecule has 33 heavy (non-hydrogen) atoms. The van der Waals surface area contributed by atoms with Crippen molar-refractivity contribution in [2.75, 3.05) is 33.3 Å². The van der Waals surface area contributed by atoms with Crippen LogP contribution in [0.5, 0.6) is 23.0 Å². The van der Waals surface area contributed by atoms with Crippen molar-refractivity contribution < 1.29 is 18.9 Å². The molecule has 7 heteroatoms. The first kappa shape index (κ1) is 22.2. The molecule has 0 radical (unpaired) electrons. The van der Waals surface area contributed by atoms with Crippen molar-refractivity contribution in [1.29, 1.82) is 0 Å². The third-order valence-electron chi connectivity index (χ3n) is 5.46. The molecule has 170 valence electrons. The first-order valence-electron chi connectivity index (χ1n) is 10.5. The molecule has 0 aliphatic rings. The zero-order valence-corrected chi connectivity index (χ0v) is 19.2. The van der Waals surface area contributed by atoms with E-state index in [2.05, 4.69) is 27.0 Å². The molecule has 0 bridgehead atoms. The molecule has 1 aromatic heterocycles. The standard InChI is InChI=1S/C26H27N3O4/c1-30-22-11-10-19(12-23(22)31-2)16-29(15-18-8-6-5-7-9-18)26-20-13-24(32-3)25(33-4)14-21(20)27-17-28-26/h5-14,17H,15-16H2,1-4H3. The molecule has 0 aliphatic carbocycles. The van der Waals surface area contributed by atoms with E-state index < -0.39 is 0 Å². The number of benzene rings is 3. The lowest BCUT2D eigenvalue weighted by Gasteiger charge is -2.26. The minimum atomic E-state index is 0.607. The fraction of sp³-hybridized carbons (Fsp3) is 0.231. The van der Waals surface area contributed by atoms with E-state index in [1.165, 1.54) is 5.56 Å². The van der Waals surface area contributed by atoms with Gasteiger partial charge in [0, 0.05) is 24.5 Å². The van der Waals surface area contributed by atoms with Gasteiger partial charge >= 0.3 is 0 Å². The van der Waals surface area contributed by atoms with Crippen molar-refractivity contribution in [3.05, 3.63) is 78.1 Å². The van der Waals surface area contributed by atoms with Gasteiger partial charge in [0.1, 0.15) is 12.1 Å². The van der Waals surface area contributed by atoms with Crippen LogP contribution >= 0.6 is 0 Å². The van der Waals surface area contributed by atoms with Crippen LogP contribution in [0, 0.1) is 0 Å². The maximum absolute atomic E-state index is 5.54. The van der Waals surface area contributed by atoms with Crippen LogP contribution in [0.1, 0.15) is 11.1 Å². The fourth-order valence-corrected chi connectivity index (χ4v) is 3.83. The minimum absolute atomic E-state index is 0.607. The van der Waals surface area contributed by atoms with E-state index in [1.54, 1.807) is 34.8 Å². The number of hydrogen-bond acceptors (Lipinski definition) is 7. The Bertz CT molecular complexity index is 1230. The summed E-state index contributed by atoms with van der Waals surface area (Å²) in [5, 5.41) is 0.881. The summed E-state index contributed by atoms with van der Waals surface area (Å²) in [7, 11) is 6.51. The third-order valence-corrected chi connectivity index (χ3v) is 5.46. The summed E-state index contributed by atoms with van der Waals surface area (Å²) in [5.41, 5.74) is 3.02. The number of fused-ring (bicyclic) bond motifs is 1. The Kier molecular flexibility index (Phi) is 6.78. The first-order chi connectivity index (χ1) is 16.2. The molecule has 0 atom stereocenters. The van der Waals surface area contributed by atoms with Gasteiger partial charge in [0.2, 0.25) is 0 Å². The molecule has 4 aromatic rings. The van der Waals surface area contributed by atoms with Gasteiger partial charge in [-0.3, -0.25) is 0 Å². The van der Waals surface area contributed by atoms with E-state index in [-0.39, 0.29) is 0 Å². The number of ether oxygens (including phenoxy) is 4. The zero-order valence-electron chi connectivity index (χ0n) is 19.2. The van der Waals surface area contributed by atoms with Crippen LogP contribution < -0.4 is 23.8 Å². The van der Waals surface area contributed by atoms with Gasteiger partial charge in [0.25, 0.3) is 0 Å². The van der Waals surface area contributed by atoms with E-state index in [0.29, 0.717) is 36.1 Å². The summed E-state index contributed by atoms with van der Waals surface area (Å²) in [5.74, 6) is 3.45. The minimum Gasteiger partial charge on any atom is -0.493 e. The van der Waals surface area contributed by atoms with Gasteiger partial charge in [0.05, 0.1) is 34.0 Å². The highest BCUT2D eigenvalue weighted by atomic mass is 16.5. The number of aromatic nitrogens is 2. The molecule has 4 rings (SSSR count). The summed E-state index contributed by atoms with van der Waals surface area (Å²) in [4.78, 5) is 11.3. The van der Waals surface area contributed by atoms with Crippen LogP contribution in [0.25, 0.3) is 10.9 Å². The lowest BCUT2D eigenvalue weighted by molar-refractivity contribution is 0.354. The molecule has 0 saturated heterocycles. The Morgan fingerprint density at radius 1 is 0.636 bits per heavy atom. The van der Waals surface area contributed by atoms with E-state index >= 15 is 0 Å². The van der Waals surface area contributed by atoms with Gasteiger partial charge < -0.3 is 23.8 Å². The summed E-state index contributed by atoms with van der Waals surface area (Å²) in [6.07, 6.45) is 1.58. The van der Waals surface area contributed by atoms with Crippen molar-refractivity contribution in [3.8, 4) is 23.0 Å². The Morgan fingerprint density at radius 3 is 1.97 bits per heavy atom. The number of nitrogens with zero attached hydrogens (tertiary/aromatic N) is 3. The summed E-state index contributed by atoms with van der Waals surface area (Å²) >= 11 is 0. The van der Waals surface area contributed by atoms with E-state index in [4.69, 9.17) is 18.9 Å². The molecule has 0 unspecified atom stereocenters. The number of rotatable bonds is 9. The maximum Gasteiger partial charge on any atom is 0.162 e. The van der Waals surface area contributed by atoms with Crippen LogP contribution in [0.15, 0.2) is 67.0 Å². The predicted molar refractivity (Wildman–Crippen MR) is 129 cm³/mol. The third kappa shape index (κ3) is 4.77. The average Bonchev–Trinajstić information content (AvgIpc) is 2.87. The van der Waals surface area contributed by atoms with Crippen LogP contribution in [-0.4, -0.2) is 38.4 Å². The molecule has 0 aliphatic heterocycles. The van der Waals surface area contributed by atoms with Gasteiger partial charge in [-0.25, -0.2) is 9.97 Å². The molecular formula is C26H27N3O4. The first-order valence-corrected chi connectivity index (χ1v) is 10.5. The van der Waals surface area contributed by atoms with Gasteiger partial charge in [0.15, 0.2) is 23.0 Å². The number of anilines is 1. The molecule has 0 amide bonds. The van der Waals surface area contributed by atoms with E-state index in [0.717, 1.165) is 22.3 Å². The molecule has 0 saturated carbocycles. The average molecular weight is 446 g/mol. The normalized spacial score (nSPS) is 10.7. The van der Waals surface area contributed by atoms with Crippen molar-refractivity contribution in [2.24, 2.45) is 0 Å².